The van der Waals surface area contributed by atoms with Crippen LogP contribution in [0.4, 0.5) is 0 Å². The molecule has 1 aromatic carbocycles. The van der Waals surface area contributed by atoms with Gasteiger partial charge in [-0.3, -0.25) is 0 Å². The standard InChI is InChI=1S/C12H18O4/c1-7(2)10-9(15-3)5-8(6-13)11(14)12(10)16-4/h5,7,13-14H,6H2,1-4H3. The molecule has 4 heteroatoms. The van der Waals surface area contributed by atoms with Crippen molar-refractivity contribution in [2.45, 2.75) is 26.4 Å². The van der Waals surface area contributed by atoms with Gasteiger partial charge in [-0.2, -0.15) is 0 Å². The summed E-state index contributed by atoms with van der Waals surface area (Å²) in [6.45, 7) is 3.72. The van der Waals surface area contributed by atoms with Gasteiger partial charge in [0.2, 0.25) is 0 Å². The predicted molar refractivity (Wildman–Crippen MR) is 61.2 cm³/mol. The van der Waals surface area contributed by atoms with E-state index >= 15 is 0 Å². The summed E-state index contributed by atoms with van der Waals surface area (Å²) in [6.07, 6.45) is 0. The van der Waals surface area contributed by atoms with E-state index in [9.17, 15) is 5.11 Å². The molecule has 0 unspecified atom stereocenters. The molecule has 0 heterocycles. The van der Waals surface area contributed by atoms with E-state index in [1.165, 1.54) is 7.11 Å². The van der Waals surface area contributed by atoms with Gasteiger partial charge in [-0.25, -0.2) is 0 Å². The minimum Gasteiger partial charge on any atom is -0.504 e. The zero-order chi connectivity index (χ0) is 12.3. The van der Waals surface area contributed by atoms with Gasteiger partial charge in [0.25, 0.3) is 0 Å². The minimum atomic E-state index is -0.253. The van der Waals surface area contributed by atoms with E-state index < -0.39 is 0 Å². The van der Waals surface area contributed by atoms with E-state index in [2.05, 4.69) is 0 Å². The molecule has 2 N–H and O–H groups in total. The highest BCUT2D eigenvalue weighted by Gasteiger charge is 2.20. The van der Waals surface area contributed by atoms with Crippen molar-refractivity contribution in [3.8, 4) is 17.2 Å². The quantitative estimate of drug-likeness (QED) is 0.824. The van der Waals surface area contributed by atoms with Crippen LogP contribution in [0, 0.1) is 0 Å². The topological polar surface area (TPSA) is 58.9 Å². The first-order chi connectivity index (χ1) is 7.56. The Morgan fingerprint density at radius 1 is 1.25 bits per heavy atom. The number of aliphatic hydroxyl groups is 1. The number of aromatic hydroxyl groups is 1. The monoisotopic (exact) mass is 226 g/mol. The maximum atomic E-state index is 9.90. The SMILES string of the molecule is COc1cc(CO)c(O)c(OC)c1C(C)C. The molecule has 0 aromatic heterocycles. The number of hydrogen-bond donors (Lipinski definition) is 2. The Bertz CT molecular complexity index is 372. The van der Waals surface area contributed by atoms with Crippen LogP contribution in [0.3, 0.4) is 0 Å². The van der Waals surface area contributed by atoms with E-state index in [-0.39, 0.29) is 18.3 Å². The molecule has 4 nitrogen and oxygen atoms in total. The van der Waals surface area contributed by atoms with Crippen LogP contribution in [0.15, 0.2) is 6.07 Å². The molecule has 0 radical (unpaired) electrons. The zero-order valence-electron chi connectivity index (χ0n) is 10.1. The van der Waals surface area contributed by atoms with E-state index in [0.717, 1.165) is 5.56 Å². The van der Waals surface area contributed by atoms with Gasteiger partial charge in [-0.05, 0) is 12.0 Å². The lowest BCUT2D eigenvalue weighted by molar-refractivity contribution is 0.270. The Kier molecular flexibility index (Phi) is 4.01. The normalized spacial score (nSPS) is 10.6. The molecule has 1 aromatic rings. The predicted octanol–water partition coefficient (Wildman–Crippen LogP) is 2.03. The van der Waals surface area contributed by atoms with Crippen molar-refractivity contribution in [2.24, 2.45) is 0 Å². The van der Waals surface area contributed by atoms with Crippen molar-refractivity contribution in [1.29, 1.82) is 0 Å². The molecule has 0 amide bonds. The first-order valence-electron chi connectivity index (χ1n) is 5.14. The van der Waals surface area contributed by atoms with E-state index in [1.54, 1.807) is 13.2 Å². The average Bonchev–Trinajstić information content (AvgIpc) is 2.27. The fourth-order valence-corrected chi connectivity index (χ4v) is 1.73. The number of rotatable bonds is 4. The molecule has 16 heavy (non-hydrogen) atoms. The molecule has 0 atom stereocenters. The number of benzene rings is 1. The van der Waals surface area contributed by atoms with Gasteiger partial charge < -0.3 is 19.7 Å². The van der Waals surface area contributed by atoms with Crippen LogP contribution < -0.4 is 9.47 Å². The Morgan fingerprint density at radius 2 is 1.88 bits per heavy atom. The second kappa shape index (κ2) is 5.07. The smallest absolute Gasteiger partial charge is 0.168 e. The molecule has 0 aliphatic carbocycles. The third-order valence-corrected chi connectivity index (χ3v) is 2.51. The third kappa shape index (κ3) is 2.07. The van der Waals surface area contributed by atoms with Crippen LogP contribution in [-0.2, 0) is 6.61 Å². The van der Waals surface area contributed by atoms with Crippen molar-refractivity contribution in [3.63, 3.8) is 0 Å². The molecule has 0 aliphatic heterocycles. The molecule has 1 rings (SSSR count). The number of methoxy groups -OCH3 is 2. The van der Waals surface area contributed by atoms with Crippen molar-refractivity contribution in [3.05, 3.63) is 17.2 Å². The summed E-state index contributed by atoms with van der Waals surface area (Å²) in [6, 6.07) is 1.63. The van der Waals surface area contributed by atoms with Crippen LogP contribution in [0.2, 0.25) is 0 Å². The highest BCUT2D eigenvalue weighted by molar-refractivity contribution is 5.58. The van der Waals surface area contributed by atoms with Crippen molar-refractivity contribution >= 4 is 0 Å². The van der Waals surface area contributed by atoms with Crippen molar-refractivity contribution < 1.29 is 19.7 Å². The lowest BCUT2D eigenvalue weighted by Gasteiger charge is -2.19. The van der Waals surface area contributed by atoms with Gasteiger partial charge in [0.05, 0.1) is 20.8 Å². The lowest BCUT2D eigenvalue weighted by Crippen LogP contribution is -2.01. The minimum absolute atomic E-state index is 0.0190. The van der Waals surface area contributed by atoms with Crippen LogP contribution in [0.1, 0.15) is 30.9 Å². The van der Waals surface area contributed by atoms with E-state index in [0.29, 0.717) is 17.1 Å². The van der Waals surface area contributed by atoms with Gasteiger partial charge in [-0.1, -0.05) is 13.8 Å². The lowest BCUT2D eigenvalue weighted by atomic mass is 9.98. The van der Waals surface area contributed by atoms with Crippen LogP contribution >= 0.6 is 0 Å². The number of aliphatic hydroxyl groups excluding tert-OH is 1. The number of hydrogen-bond acceptors (Lipinski definition) is 4. The Labute approximate surface area is 95.4 Å². The summed E-state index contributed by atoms with van der Waals surface area (Å²) in [7, 11) is 3.04. The maximum absolute atomic E-state index is 9.90. The molecule has 0 saturated heterocycles. The van der Waals surface area contributed by atoms with E-state index in [4.69, 9.17) is 14.6 Å². The van der Waals surface area contributed by atoms with Gasteiger partial charge >= 0.3 is 0 Å². The molecular formula is C12H18O4. The maximum Gasteiger partial charge on any atom is 0.168 e. The summed E-state index contributed by atoms with van der Waals surface area (Å²) in [5.74, 6) is 1.13. The molecule has 0 saturated carbocycles. The summed E-state index contributed by atoms with van der Waals surface area (Å²) < 4.78 is 10.4. The summed E-state index contributed by atoms with van der Waals surface area (Å²) in [5.41, 5.74) is 1.21. The molecule has 0 spiro atoms. The second-order valence-corrected chi connectivity index (χ2v) is 3.85. The van der Waals surface area contributed by atoms with Crippen LogP contribution in [0.25, 0.3) is 0 Å². The van der Waals surface area contributed by atoms with E-state index in [1.807, 2.05) is 13.8 Å². The molecule has 0 aliphatic rings. The second-order valence-electron chi connectivity index (χ2n) is 3.85. The Balaban J connectivity index is 3.50. The largest absolute Gasteiger partial charge is 0.504 e. The van der Waals surface area contributed by atoms with Crippen molar-refractivity contribution in [1.82, 2.24) is 0 Å². The summed E-state index contributed by atoms with van der Waals surface area (Å²) in [4.78, 5) is 0. The Morgan fingerprint density at radius 3 is 2.25 bits per heavy atom. The fourth-order valence-electron chi connectivity index (χ4n) is 1.73. The first kappa shape index (κ1) is 12.6. The molecular weight excluding hydrogens is 208 g/mol. The fraction of sp³-hybridized carbons (Fsp3) is 0.500. The van der Waals surface area contributed by atoms with Crippen LogP contribution in [0.5, 0.6) is 17.2 Å². The van der Waals surface area contributed by atoms with Gasteiger partial charge in [0.15, 0.2) is 11.5 Å². The number of phenols is 1. The summed E-state index contributed by atoms with van der Waals surface area (Å²) in [5, 5.41) is 19.0. The van der Waals surface area contributed by atoms with Gasteiger partial charge in [0.1, 0.15) is 5.75 Å². The molecule has 0 fully saturated rings. The van der Waals surface area contributed by atoms with Gasteiger partial charge in [0, 0.05) is 11.1 Å². The molecule has 90 valence electrons. The van der Waals surface area contributed by atoms with Gasteiger partial charge in [-0.15, -0.1) is 0 Å². The Hall–Kier alpha value is -1.42. The van der Waals surface area contributed by atoms with Crippen molar-refractivity contribution in [2.75, 3.05) is 14.2 Å². The summed E-state index contributed by atoms with van der Waals surface area (Å²) >= 11 is 0. The number of ether oxygens (including phenoxy) is 2. The first-order valence-corrected chi connectivity index (χ1v) is 5.14. The molecule has 0 bridgehead atoms. The third-order valence-electron chi connectivity index (χ3n) is 2.51. The highest BCUT2D eigenvalue weighted by Crippen LogP contribution is 2.43. The average molecular weight is 226 g/mol. The van der Waals surface area contributed by atoms with Crippen LogP contribution in [-0.4, -0.2) is 24.4 Å². The zero-order valence-corrected chi connectivity index (χ0v) is 10.1. The highest BCUT2D eigenvalue weighted by atomic mass is 16.5.